The average molecular weight is 436 g/mol. The van der Waals surface area contributed by atoms with Gasteiger partial charge >= 0.3 is 11.9 Å². The van der Waals surface area contributed by atoms with Crippen LogP contribution < -0.4 is 21.7 Å². The van der Waals surface area contributed by atoms with Crippen molar-refractivity contribution >= 4 is 42.3 Å². The Balaban J connectivity index is 5.21. The van der Waals surface area contributed by atoms with Crippen LogP contribution in [0.4, 0.5) is 0 Å². The number of carbonyl (C=O) groups is 5. The molecule has 12 nitrogen and oxygen atoms in total. The first-order valence-corrected chi connectivity index (χ1v) is 9.39. The van der Waals surface area contributed by atoms with E-state index in [0.29, 0.717) is 0 Å². The van der Waals surface area contributed by atoms with Gasteiger partial charge in [-0.1, -0.05) is 13.8 Å². The number of nitrogens with two attached hydrogens (primary N) is 1. The van der Waals surface area contributed by atoms with E-state index in [-0.39, 0.29) is 18.1 Å². The van der Waals surface area contributed by atoms with Crippen LogP contribution in [-0.4, -0.2) is 81.5 Å². The summed E-state index contributed by atoms with van der Waals surface area (Å²) >= 11 is 3.83. The lowest BCUT2D eigenvalue weighted by Crippen LogP contribution is -2.58. The van der Waals surface area contributed by atoms with Gasteiger partial charge in [0.1, 0.15) is 18.1 Å². The first-order chi connectivity index (χ1) is 13.4. The minimum atomic E-state index is -1.57. The zero-order valence-electron chi connectivity index (χ0n) is 16.1. The van der Waals surface area contributed by atoms with Crippen LogP contribution in [0.15, 0.2) is 0 Å². The quantitative estimate of drug-likeness (QED) is 0.141. The molecule has 0 aliphatic rings. The highest BCUT2D eigenvalue weighted by Gasteiger charge is 2.31. The molecule has 4 atom stereocenters. The van der Waals surface area contributed by atoms with E-state index in [1.54, 1.807) is 13.8 Å². The molecule has 0 spiro atoms. The van der Waals surface area contributed by atoms with E-state index >= 15 is 0 Å². The third-order valence-electron chi connectivity index (χ3n) is 3.68. The van der Waals surface area contributed by atoms with Crippen LogP contribution >= 0.6 is 12.6 Å². The van der Waals surface area contributed by atoms with E-state index in [1.165, 1.54) is 0 Å². The predicted octanol–water partition coefficient (Wildman–Crippen LogP) is -2.70. The lowest BCUT2D eigenvalue weighted by atomic mass is 10.0. The predicted molar refractivity (Wildman–Crippen MR) is 104 cm³/mol. The number of nitrogens with one attached hydrogen (secondary N) is 3. The molecular weight excluding hydrogens is 408 g/mol. The second-order valence-electron chi connectivity index (χ2n) is 6.72. The molecule has 0 saturated carbocycles. The maximum Gasteiger partial charge on any atom is 0.326 e. The summed E-state index contributed by atoms with van der Waals surface area (Å²) in [5.41, 5.74) is 5.47. The van der Waals surface area contributed by atoms with Gasteiger partial charge in [-0.2, -0.15) is 12.6 Å². The molecular formula is C16H28N4O8S. The SMILES string of the molecule is CC(C)CC(NC(=O)C(CO)NC(=O)C(CC(=O)O)NC(=O)C(N)CS)C(=O)O. The topological polar surface area (TPSA) is 208 Å². The molecule has 4 unspecified atom stereocenters. The van der Waals surface area contributed by atoms with Crippen LogP contribution in [0.25, 0.3) is 0 Å². The summed E-state index contributed by atoms with van der Waals surface area (Å²) in [6.45, 7) is 2.62. The van der Waals surface area contributed by atoms with Crippen molar-refractivity contribution in [2.45, 2.75) is 50.9 Å². The summed E-state index contributed by atoms with van der Waals surface area (Å²) < 4.78 is 0. The molecule has 3 amide bonds. The molecule has 0 bridgehead atoms. The van der Waals surface area contributed by atoms with E-state index in [0.717, 1.165) is 0 Å². The van der Waals surface area contributed by atoms with Crippen molar-refractivity contribution in [1.82, 2.24) is 16.0 Å². The van der Waals surface area contributed by atoms with Crippen LogP contribution in [0.1, 0.15) is 26.7 Å². The van der Waals surface area contributed by atoms with Crippen molar-refractivity contribution in [1.29, 1.82) is 0 Å². The summed E-state index contributed by atoms with van der Waals surface area (Å²) in [6.07, 6.45) is -0.686. The van der Waals surface area contributed by atoms with Gasteiger partial charge in [-0.15, -0.1) is 0 Å². The van der Waals surface area contributed by atoms with Gasteiger partial charge in [-0.05, 0) is 12.3 Å². The Labute approximate surface area is 173 Å². The molecule has 8 N–H and O–H groups in total. The molecule has 0 fully saturated rings. The fourth-order valence-electron chi connectivity index (χ4n) is 2.18. The van der Waals surface area contributed by atoms with Gasteiger partial charge in [0.15, 0.2) is 0 Å². The number of carbonyl (C=O) groups excluding carboxylic acids is 3. The van der Waals surface area contributed by atoms with Crippen molar-refractivity contribution in [3.63, 3.8) is 0 Å². The molecule has 0 aliphatic carbocycles. The fourth-order valence-corrected chi connectivity index (χ4v) is 2.34. The highest BCUT2D eigenvalue weighted by Crippen LogP contribution is 2.05. The molecule has 166 valence electrons. The Morgan fingerprint density at radius 2 is 1.38 bits per heavy atom. The number of aliphatic hydroxyl groups excluding tert-OH is 1. The molecule has 0 aromatic heterocycles. The number of rotatable bonds is 13. The van der Waals surface area contributed by atoms with Crippen LogP contribution in [-0.2, 0) is 24.0 Å². The standard InChI is InChI=1S/C16H28N4O8S/c1-7(2)3-10(16(27)28)19-15(26)11(5-21)20-14(25)9(4-12(22)23)18-13(24)8(17)6-29/h7-11,21,29H,3-6,17H2,1-2H3,(H,18,24)(H,19,26)(H,20,25)(H,22,23)(H,27,28). The van der Waals surface area contributed by atoms with E-state index in [2.05, 4.69) is 28.6 Å². The highest BCUT2D eigenvalue weighted by molar-refractivity contribution is 7.80. The summed E-state index contributed by atoms with van der Waals surface area (Å²) in [5, 5.41) is 33.9. The summed E-state index contributed by atoms with van der Waals surface area (Å²) in [7, 11) is 0. The first-order valence-electron chi connectivity index (χ1n) is 8.75. The highest BCUT2D eigenvalue weighted by atomic mass is 32.1. The number of aliphatic hydroxyl groups is 1. The number of amides is 3. The maximum absolute atomic E-state index is 12.3. The molecule has 0 aromatic rings. The molecule has 0 saturated heterocycles. The van der Waals surface area contributed by atoms with Gasteiger partial charge in [0, 0.05) is 5.75 Å². The Morgan fingerprint density at radius 1 is 0.897 bits per heavy atom. The van der Waals surface area contributed by atoms with Crippen molar-refractivity contribution in [3.8, 4) is 0 Å². The first kappa shape index (κ1) is 26.6. The van der Waals surface area contributed by atoms with E-state index in [9.17, 15) is 34.2 Å². The van der Waals surface area contributed by atoms with Crippen LogP contribution in [0.2, 0.25) is 0 Å². The van der Waals surface area contributed by atoms with E-state index < -0.39 is 66.9 Å². The third kappa shape index (κ3) is 10.1. The molecule has 0 aromatic carbocycles. The monoisotopic (exact) mass is 436 g/mol. The molecule has 0 rings (SSSR count). The molecule has 0 heterocycles. The zero-order chi connectivity index (χ0) is 22.7. The average Bonchev–Trinajstić information content (AvgIpc) is 2.62. The second kappa shape index (κ2) is 13.0. The number of carboxylic acid groups (broad SMARTS) is 2. The van der Waals surface area contributed by atoms with Gasteiger partial charge in [-0.3, -0.25) is 19.2 Å². The second-order valence-corrected chi connectivity index (χ2v) is 7.09. The number of thiol groups is 1. The number of hydrogen-bond donors (Lipinski definition) is 8. The zero-order valence-corrected chi connectivity index (χ0v) is 17.0. The van der Waals surface area contributed by atoms with Crippen molar-refractivity contribution in [3.05, 3.63) is 0 Å². The molecule has 13 heteroatoms. The molecule has 29 heavy (non-hydrogen) atoms. The Hall–Kier alpha value is -2.38. The summed E-state index contributed by atoms with van der Waals surface area (Å²) in [6, 6.07) is -5.45. The lowest BCUT2D eigenvalue weighted by molar-refractivity contribution is -0.143. The van der Waals surface area contributed by atoms with Crippen molar-refractivity contribution in [2.24, 2.45) is 11.7 Å². The lowest BCUT2D eigenvalue weighted by Gasteiger charge is -2.24. The van der Waals surface area contributed by atoms with Crippen LogP contribution in [0.5, 0.6) is 0 Å². The van der Waals surface area contributed by atoms with Crippen molar-refractivity contribution in [2.75, 3.05) is 12.4 Å². The number of aliphatic carboxylic acids is 2. The van der Waals surface area contributed by atoms with Gasteiger partial charge in [0.2, 0.25) is 17.7 Å². The largest absolute Gasteiger partial charge is 0.481 e. The third-order valence-corrected chi connectivity index (χ3v) is 4.08. The Bertz CT molecular complexity index is 616. The number of hydrogen-bond acceptors (Lipinski definition) is 8. The number of carboxylic acids is 2. The van der Waals surface area contributed by atoms with Gasteiger partial charge in [-0.25, -0.2) is 4.79 Å². The minimum absolute atomic E-state index is 0.0511. The van der Waals surface area contributed by atoms with E-state index in [4.69, 9.17) is 10.8 Å². The normalized spacial score (nSPS) is 15.0. The van der Waals surface area contributed by atoms with Crippen LogP contribution in [0.3, 0.4) is 0 Å². The Kier molecular flexibility index (Phi) is 11.9. The maximum atomic E-state index is 12.3. The van der Waals surface area contributed by atoms with Crippen LogP contribution in [0, 0.1) is 5.92 Å². The Morgan fingerprint density at radius 3 is 1.79 bits per heavy atom. The van der Waals surface area contributed by atoms with E-state index in [1.807, 2.05) is 0 Å². The summed E-state index contributed by atoms with van der Waals surface area (Å²) in [4.78, 5) is 58.6. The van der Waals surface area contributed by atoms with Gasteiger partial charge in [0.05, 0.1) is 19.1 Å². The summed E-state index contributed by atoms with van der Waals surface area (Å²) in [5.74, 6) is -5.65. The molecule has 0 aliphatic heterocycles. The van der Waals surface area contributed by atoms with Crippen molar-refractivity contribution < 1.29 is 39.3 Å². The smallest absolute Gasteiger partial charge is 0.326 e. The molecule has 0 radical (unpaired) electrons. The van der Waals surface area contributed by atoms with Gasteiger partial charge < -0.3 is 37.0 Å². The minimum Gasteiger partial charge on any atom is -0.481 e. The fraction of sp³-hybridized carbons (Fsp3) is 0.688. The van der Waals surface area contributed by atoms with Gasteiger partial charge in [0.25, 0.3) is 0 Å².